The summed E-state index contributed by atoms with van der Waals surface area (Å²) in [7, 11) is 1.98. The van der Waals surface area contributed by atoms with E-state index >= 15 is 0 Å². The van der Waals surface area contributed by atoms with Crippen molar-refractivity contribution < 1.29 is 9.21 Å². The molecule has 0 aliphatic carbocycles. The molecule has 0 amide bonds. The van der Waals surface area contributed by atoms with Crippen molar-refractivity contribution in [1.29, 1.82) is 0 Å². The van der Waals surface area contributed by atoms with E-state index in [1.807, 2.05) is 44.3 Å². The third-order valence-corrected chi connectivity index (χ3v) is 4.98. The van der Waals surface area contributed by atoms with E-state index in [4.69, 9.17) is 4.42 Å². The van der Waals surface area contributed by atoms with Crippen LogP contribution in [0.5, 0.6) is 0 Å². The van der Waals surface area contributed by atoms with Gasteiger partial charge in [0.15, 0.2) is 17.0 Å². The highest BCUT2D eigenvalue weighted by Gasteiger charge is 2.19. The van der Waals surface area contributed by atoms with Crippen LogP contribution in [0.3, 0.4) is 0 Å². The first-order valence-corrected chi connectivity index (χ1v) is 8.55. The van der Waals surface area contributed by atoms with E-state index in [-0.39, 0.29) is 11.5 Å². The van der Waals surface area contributed by atoms with Crippen molar-refractivity contribution in [3.8, 4) is 0 Å². The fourth-order valence-corrected chi connectivity index (χ4v) is 3.58. The second-order valence-electron chi connectivity index (χ2n) is 5.55. The summed E-state index contributed by atoms with van der Waals surface area (Å²) in [6.07, 6.45) is 1.67. The molecule has 5 nitrogen and oxygen atoms in total. The van der Waals surface area contributed by atoms with Gasteiger partial charge in [-0.05, 0) is 25.1 Å². The van der Waals surface area contributed by atoms with Gasteiger partial charge in [0.25, 0.3) is 5.22 Å². The molecule has 3 aromatic heterocycles. The molecule has 24 heavy (non-hydrogen) atoms. The Kier molecular flexibility index (Phi) is 3.61. The van der Waals surface area contributed by atoms with Crippen molar-refractivity contribution in [2.24, 2.45) is 7.05 Å². The maximum Gasteiger partial charge on any atom is 0.258 e. The molecule has 3 heterocycles. The Hall–Kier alpha value is -2.60. The number of benzene rings is 1. The number of fused-ring (bicyclic) bond motifs is 2. The molecule has 0 N–H and O–H groups in total. The Morgan fingerprint density at radius 2 is 2.08 bits per heavy atom. The number of rotatable bonds is 4. The molecule has 0 radical (unpaired) electrons. The molecule has 0 spiro atoms. The third kappa shape index (κ3) is 2.39. The minimum absolute atomic E-state index is 0.0736. The number of hydrogen-bond donors (Lipinski definition) is 0. The van der Waals surface area contributed by atoms with E-state index in [0.717, 1.165) is 22.2 Å². The lowest BCUT2D eigenvalue weighted by atomic mass is 10.1. The van der Waals surface area contributed by atoms with Gasteiger partial charge >= 0.3 is 0 Å². The van der Waals surface area contributed by atoms with Crippen molar-refractivity contribution in [2.75, 3.05) is 5.75 Å². The van der Waals surface area contributed by atoms with Gasteiger partial charge in [0.2, 0.25) is 0 Å². The Bertz CT molecular complexity index is 1030. The quantitative estimate of drug-likeness (QED) is 0.416. The van der Waals surface area contributed by atoms with Gasteiger partial charge in [-0.1, -0.05) is 30.0 Å². The van der Waals surface area contributed by atoms with Gasteiger partial charge in [0.05, 0.1) is 5.75 Å². The zero-order valence-electron chi connectivity index (χ0n) is 13.3. The summed E-state index contributed by atoms with van der Waals surface area (Å²) in [5.74, 6) is 0.353. The molecule has 0 aliphatic heterocycles. The molecule has 1 aromatic carbocycles. The minimum atomic E-state index is 0.0736. The monoisotopic (exact) mass is 337 g/mol. The van der Waals surface area contributed by atoms with E-state index in [1.165, 1.54) is 11.8 Å². The first kappa shape index (κ1) is 15.0. The molecule has 120 valence electrons. The molecule has 0 unspecified atom stereocenters. The lowest BCUT2D eigenvalue weighted by Crippen LogP contribution is -2.04. The average Bonchev–Trinajstić information content (AvgIpc) is 3.13. The van der Waals surface area contributed by atoms with Crippen molar-refractivity contribution in [3.05, 3.63) is 53.9 Å². The number of thioether (sulfide) groups is 1. The van der Waals surface area contributed by atoms with Crippen LogP contribution in [-0.4, -0.2) is 26.1 Å². The lowest BCUT2D eigenvalue weighted by molar-refractivity contribution is 0.102. The van der Waals surface area contributed by atoms with Crippen LogP contribution in [0, 0.1) is 6.92 Å². The first-order chi connectivity index (χ1) is 11.6. The van der Waals surface area contributed by atoms with Crippen LogP contribution in [0.4, 0.5) is 0 Å². The fraction of sp³-hybridized carbons (Fsp3) is 0.167. The number of carbonyl (C=O) groups is 1. The van der Waals surface area contributed by atoms with Crippen LogP contribution in [0.1, 0.15) is 16.1 Å². The predicted molar refractivity (Wildman–Crippen MR) is 94.5 cm³/mol. The van der Waals surface area contributed by atoms with Gasteiger partial charge in [-0.2, -0.15) is 4.98 Å². The smallest absolute Gasteiger partial charge is 0.258 e. The van der Waals surface area contributed by atoms with Crippen LogP contribution in [0.2, 0.25) is 0 Å². The van der Waals surface area contributed by atoms with E-state index in [2.05, 4.69) is 14.5 Å². The zero-order chi connectivity index (χ0) is 16.7. The van der Waals surface area contributed by atoms with Gasteiger partial charge in [0.1, 0.15) is 0 Å². The molecule has 0 fully saturated rings. The average molecular weight is 337 g/mol. The largest absolute Gasteiger partial charge is 0.430 e. The number of carbonyl (C=O) groups excluding carboxylic acids is 1. The van der Waals surface area contributed by atoms with Crippen LogP contribution < -0.4 is 0 Å². The maximum atomic E-state index is 12.8. The highest BCUT2D eigenvalue weighted by atomic mass is 32.2. The fourth-order valence-electron chi connectivity index (χ4n) is 2.88. The van der Waals surface area contributed by atoms with Gasteiger partial charge in [-0.15, -0.1) is 0 Å². The molecule has 4 aromatic rings. The third-order valence-electron chi connectivity index (χ3n) is 4.15. The molecule has 4 rings (SSSR count). The van der Waals surface area contributed by atoms with Crippen LogP contribution >= 0.6 is 11.8 Å². The summed E-state index contributed by atoms with van der Waals surface area (Å²) in [6.45, 7) is 1.97. The number of nitrogens with zero attached hydrogens (tertiary/aromatic N) is 3. The van der Waals surface area contributed by atoms with Gasteiger partial charge in [-0.3, -0.25) is 4.79 Å². The zero-order valence-corrected chi connectivity index (χ0v) is 14.1. The van der Waals surface area contributed by atoms with Gasteiger partial charge < -0.3 is 8.98 Å². The Labute approximate surface area is 142 Å². The standard InChI is InChI=1S/C18H15N3O2S/c1-11-16(12-6-3-4-7-13(12)21(11)2)14(22)10-24-18-20-17-15(23-18)8-5-9-19-17/h3-9H,10H2,1-2H3. The lowest BCUT2D eigenvalue weighted by Gasteiger charge is -2.01. The Morgan fingerprint density at radius 1 is 1.25 bits per heavy atom. The summed E-state index contributed by atoms with van der Waals surface area (Å²) < 4.78 is 7.66. The van der Waals surface area contributed by atoms with Crippen molar-refractivity contribution >= 4 is 39.7 Å². The molecule has 0 saturated carbocycles. The predicted octanol–water partition coefficient (Wildman–Crippen LogP) is 4.00. The highest BCUT2D eigenvalue weighted by Crippen LogP contribution is 2.28. The normalized spacial score (nSPS) is 11.4. The number of oxazole rings is 1. The van der Waals surface area contributed by atoms with Crippen molar-refractivity contribution in [1.82, 2.24) is 14.5 Å². The molecule has 0 aliphatic rings. The van der Waals surface area contributed by atoms with Crippen LogP contribution in [-0.2, 0) is 7.05 Å². The number of aryl methyl sites for hydroxylation is 1. The molecular weight excluding hydrogens is 322 g/mol. The number of Topliss-reactive ketones (excluding diaryl/α,β-unsaturated/α-hetero) is 1. The van der Waals surface area contributed by atoms with Crippen molar-refractivity contribution in [3.63, 3.8) is 0 Å². The number of aromatic nitrogens is 3. The van der Waals surface area contributed by atoms with Crippen molar-refractivity contribution in [2.45, 2.75) is 12.1 Å². The summed E-state index contributed by atoms with van der Waals surface area (Å²) >= 11 is 1.30. The second-order valence-corrected chi connectivity index (χ2v) is 6.48. The van der Waals surface area contributed by atoms with Crippen LogP contribution in [0.15, 0.2) is 52.2 Å². The maximum absolute atomic E-state index is 12.8. The van der Waals surface area contributed by atoms with E-state index in [1.54, 1.807) is 12.3 Å². The minimum Gasteiger partial charge on any atom is -0.430 e. The summed E-state index contributed by atoms with van der Waals surface area (Å²) in [5, 5.41) is 1.46. The van der Waals surface area contributed by atoms with Crippen LogP contribution in [0.25, 0.3) is 22.1 Å². The van der Waals surface area contributed by atoms with E-state index in [0.29, 0.717) is 16.5 Å². The highest BCUT2D eigenvalue weighted by molar-refractivity contribution is 7.99. The number of pyridine rings is 1. The van der Waals surface area contributed by atoms with Gasteiger partial charge in [0, 0.05) is 35.4 Å². The molecule has 0 bridgehead atoms. The summed E-state index contributed by atoms with van der Waals surface area (Å²) in [5.41, 5.74) is 4.01. The summed E-state index contributed by atoms with van der Waals surface area (Å²) in [4.78, 5) is 21.2. The SMILES string of the molecule is Cc1c(C(=O)CSc2nc3ncccc3o2)c2ccccc2n1C. The molecule has 0 saturated heterocycles. The van der Waals surface area contributed by atoms with E-state index in [9.17, 15) is 4.79 Å². The van der Waals surface area contributed by atoms with E-state index < -0.39 is 0 Å². The Balaban J connectivity index is 1.62. The number of ketones is 1. The first-order valence-electron chi connectivity index (χ1n) is 7.56. The Morgan fingerprint density at radius 3 is 2.92 bits per heavy atom. The summed E-state index contributed by atoms with van der Waals surface area (Å²) in [6, 6.07) is 11.6. The number of para-hydroxylation sites is 1. The molecule has 0 atom stereocenters. The molecule has 6 heteroatoms. The van der Waals surface area contributed by atoms with Gasteiger partial charge in [-0.25, -0.2) is 4.98 Å². The molecular formula is C18H15N3O2S. The second kappa shape index (κ2) is 5.79. The topological polar surface area (TPSA) is 60.9 Å². The number of hydrogen-bond acceptors (Lipinski definition) is 5.